The fourth-order valence-corrected chi connectivity index (χ4v) is 4.07. The first-order valence-electron chi connectivity index (χ1n) is 11.9. The molecule has 0 aliphatic carbocycles. The summed E-state index contributed by atoms with van der Waals surface area (Å²) in [6.45, 7) is 0.437. The minimum absolute atomic E-state index is 0.213. The van der Waals surface area contributed by atoms with Crippen LogP contribution in [-0.4, -0.2) is 46.2 Å². The number of carbonyl (C=O) groups excluding carboxylic acids is 1. The summed E-state index contributed by atoms with van der Waals surface area (Å²) < 4.78 is 14.4. The topological polar surface area (TPSA) is 83.2 Å². The number of hydrogen-bond acceptors (Lipinski definition) is 5. The van der Waals surface area contributed by atoms with Crippen molar-refractivity contribution in [2.45, 2.75) is 6.42 Å². The number of nitrogens with one attached hydrogen (secondary N) is 1. The molecule has 0 spiro atoms. The minimum atomic E-state index is -0.213. The van der Waals surface area contributed by atoms with Crippen LogP contribution in [0, 0.1) is 0 Å². The first-order chi connectivity index (χ1) is 18.2. The molecule has 0 fully saturated rings. The molecule has 0 atom stereocenters. The summed E-state index contributed by atoms with van der Waals surface area (Å²) in [5.41, 5.74) is 4.50. The number of aromatic nitrogens is 4. The van der Waals surface area contributed by atoms with Crippen molar-refractivity contribution >= 4 is 5.91 Å². The lowest BCUT2D eigenvalue weighted by molar-refractivity contribution is 0.0954. The number of benzene rings is 3. The van der Waals surface area contributed by atoms with Crippen LogP contribution in [0.2, 0.25) is 0 Å². The standard InChI is InChI=1S/C29H27N5O3/c1-36-26-14-13-21(19-27(26)37-2)28-25(20-34(32-28)24-11-7-4-8-12-24)29(35)30-17-15-22-16-18-33(31-22)23-9-5-3-6-10-23/h3-14,16,18-20H,15,17H2,1-2H3,(H,30,35). The second kappa shape index (κ2) is 10.8. The Morgan fingerprint density at radius 3 is 2.16 bits per heavy atom. The minimum Gasteiger partial charge on any atom is -0.493 e. The molecule has 2 aromatic heterocycles. The van der Waals surface area contributed by atoms with Gasteiger partial charge in [0.15, 0.2) is 11.5 Å². The average Bonchev–Trinajstić information content (AvgIpc) is 3.62. The van der Waals surface area contributed by atoms with Gasteiger partial charge in [-0.15, -0.1) is 0 Å². The fraction of sp³-hybridized carbons (Fsp3) is 0.138. The maximum atomic E-state index is 13.3. The van der Waals surface area contributed by atoms with Crippen molar-refractivity contribution in [2.75, 3.05) is 20.8 Å². The zero-order valence-electron chi connectivity index (χ0n) is 20.7. The molecule has 0 aliphatic rings. The molecule has 1 amide bonds. The van der Waals surface area contributed by atoms with Crippen LogP contribution in [0.3, 0.4) is 0 Å². The van der Waals surface area contributed by atoms with Gasteiger partial charge in [0.05, 0.1) is 36.9 Å². The molecule has 5 aromatic rings. The van der Waals surface area contributed by atoms with Gasteiger partial charge < -0.3 is 14.8 Å². The van der Waals surface area contributed by atoms with Crippen molar-refractivity contribution < 1.29 is 14.3 Å². The molecule has 2 heterocycles. The van der Waals surface area contributed by atoms with Crippen LogP contribution >= 0.6 is 0 Å². The molecule has 1 N–H and O–H groups in total. The Morgan fingerprint density at radius 1 is 0.811 bits per heavy atom. The van der Waals surface area contributed by atoms with Crippen molar-refractivity contribution in [1.82, 2.24) is 24.9 Å². The number of para-hydroxylation sites is 2. The molecular formula is C29H27N5O3. The summed E-state index contributed by atoms with van der Waals surface area (Å²) in [6, 6.07) is 27.1. The lowest BCUT2D eigenvalue weighted by Crippen LogP contribution is -2.26. The van der Waals surface area contributed by atoms with E-state index in [0.717, 1.165) is 22.6 Å². The number of nitrogens with zero attached hydrogens (tertiary/aromatic N) is 4. The van der Waals surface area contributed by atoms with Gasteiger partial charge in [0.1, 0.15) is 5.69 Å². The highest BCUT2D eigenvalue weighted by Crippen LogP contribution is 2.33. The third kappa shape index (κ3) is 5.23. The van der Waals surface area contributed by atoms with Gasteiger partial charge >= 0.3 is 0 Å². The van der Waals surface area contributed by atoms with E-state index in [4.69, 9.17) is 14.6 Å². The van der Waals surface area contributed by atoms with E-state index < -0.39 is 0 Å². The molecule has 8 heteroatoms. The van der Waals surface area contributed by atoms with Crippen molar-refractivity contribution in [1.29, 1.82) is 0 Å². The summed E-state index contributed by atoms with van der Waals surface area (Å²) in [6.07, 6.45) is 4.27. The normalized spacial score (nSPS) is 10.8. The smallest absolute Gasteiger partial charge is 0.255 e. The van der Waals surface area contributed by atoms with Crippen molar-refractivity contribution in [2.24, 2.45) is 0 Å². The molecule has 186 valence electrons. The van der Waals surface area contributed by atoms with Gasteiger partial charge in [0.2, 0.25) is 0 Å². The third-order valence-electron chi connectivity index (χ3n) is 5.97. The summed E-state index contributed by atoms with van der Waals surface area (Å²) >= 11 is 0. The molecule has 5 rings (SSSR count). The predicted molar refractivity (Wildman–Crippen MR) is 142 cm³/mol. The van der Waals surface area contributed by atoms with Crippen molar-refractivity contribution in [3.8, 4) is 34.1 Å². The van der Waals surface area contributed by atoms with E-state index in [9.17, 15) is 4.79 Å². The molecule has 37 heavy (non-hydrogen) atoms. The largest absolute Gasteiger partial charge is 0.493 e. The Kier molecular flexibility index (Phi) is 6.98. The number of methoxy groups -OCH3 is 2. The summed E-state index contributed by atoms with van der Waals surface area (Å²) in [4.78, 5) is 13.3. The quantitative estimate of drug-likeness (QED) is 0.321. The predicted octanol–water partition coefficient (Wildman–Crippen LogP) is 4.71. The molecule has 0 saturated carbocycles. The third-order valence-corrected chi connectivity index (χ3v) is 5.97. The van der Waals surface area contributed by atoms with Crippen LogP contribution in [-0.2, 0) is 6.42 Å². The van der Waals surface area contributed by atoms with E-state index in [0.29, 0.717) is 35.7 Å². The van der Waals surface area contributed by atoms with E-state index >= 15 is 0 Å². The Labute approximate surface area is 215 Å². The number of ether oxygens (including phenoxy) is 2. The van der Waals surface area contributed by atoms with E-state index in [-0.39, 0.29) is 5.91 Å². The van der Waals surface area contributed by atoms with Crippen LogP contribution in [0.5, 0.6) is 11.5 Å². The molecule has 3 aromatic carbocycles. The first kappa shape index (κ1) is 23.9. The number of amides is 1. The maximum Gasteiger partial charge on any atom is 0.255 e. The highest BCUT2D eigenvalue weighted by Gasteiger charge is 2.20. The van der Waals surface area contributed by atoms with E-state index in [2.05, 4.69) is 10.4 Å². The SMILES string of the molecule is COc1ccc(-c2nn(-c3ccccc3)cc2C(=O)NCCc2ccn(-c3ccccc3)n2)cc1OC. The lowest BCUT2D eigenvalue weighted by Gasteiger charge is -2.09. The zero-order valence-corrected chi connectivity index (χ0v) is 20.7. The van der Waals surface area contributed by atoms with E-state index in [1.54, 1.807) is 31.2 Å². The second-order valence-corrected chi connectivity index (χ2v) is 8.33. The van der Waals surface area contributed by atoms with Crippen LogP contribution in [0.25, 0.3) is 22.6 Å². The second-order valence-electron chi connectivity index (χ2n) is 8.33. The Hall–Kier alpha value is -4.85. The number of hydrogen-bond donors (Lipinski definition) is 1. The zero-order chi connectivity index (χ0) is 25.6. The number of rotatable bonds is 9. The van der Waals surface area contributed by atoms with Gasteiger partial charge in [-0.3, -0.25) is 4.79 Å². The van der Waals surface area contributed by atoms with Crippen LogP contribution in [0.4, 0.5) is 0 Å². The summed E-state index contributed by atoms with van der Waals surface area (Å²) in [5.74, 6) is 0.957. The average molecular weight is 494 g/mol. The first-order valence-corrected chi connectivity index (χ1v) is 11.9. The molecule has 0 bridgehead atoms. The van der Waals surface area contributed by atoms with E-state index in [1.807, 2.05) is 89.7 Å². The van der Waals surface area contributed by atoms with Crippen LogP contribution in [0.1, 0.15) is 16.1 Å². The van der Waals surface area contributed by atoms with Gasteiger partial charge in [-0.05, 0) is 48.5 Å². The Balaban J connectivity index is 1.37. The molecule has 0 aliphatic heterocycles. The highest BCUT2D eigenvalue weighted by atomic mass is 16.5. The van der Waals surface area contributed by atoms with Crippen molar-refractivity contribution in [3.63, 3.8) is 0 Å². The molecule has 0 radical (unpaired) electrons. The Bertz CT molecular complexity index is 1490. The van der Waals surface area contributed by atoms with Crippen molar-refractivity contribution in [3.05, 3.63) is 109 Å². The molecule has 0 unspecified atom stereocenters. The molecule has 8 nitrogen and oxygen atoms in total. The summed E-state index contributed by atoms with van der Waals surface area (Å²) in [7, 11) is 3.17. The van der Waals surface area contributed by atoms with Gasteiger partial charge in [-0.1, -0.05) is 36.4 Å². The van der Waals surface area contributed by atoms with Crippen LogP contribution < -0.4 is 14.8 Å². The monoisotopic (exact) mass is 493 g/mol. The maximum absolute atomic E-state index is 13.3. The van der Waals surface area contributed by atoms with E-state index in [1.165, 1.54) is 0 Å². The molecular weight excluding hydrogens is 466 g/mol. The molecule has 0 saturated heterocycles. The van der Waals surface area contributed by atoms with Crippen LogP contribution in [0.15, 0.2) is 97.3 Å². The highest BCUT2D eigenvalue weighted by molar-refractivity contribution is 6.00. The summed E-state index contributed by atoms with van der Waals surface area (Å²) in [5, 5.41) is 12.4. The van der Waals surface area contributed by atoms with Gasteiger partial charge in [-0.25, -0.2) is 9.36 Å². The lowest BCUT2D eigenvalue weighted by atomic mass is 10.1. The fourth-order valence-electron chi connectivity index (χ4n) is 4.07. The van der Waals surface area contributed by atoms with Gasteiger partial charge in [0, 0.05) is 30.9 Å². The number of carbonyl (C=O) groups is 1. The Morgan fingerprint density at radius 2 is 1.49 bits per heavy atom. The van der Waals surface area contributed by atoms with Gasteiger partial charge in [0.25, 0.3) is 5.91 Å². The van der Waals surface area contributed by atoms with Gasteiger partial charge in [-0.2, -0.15) is 10.2 Å².